The van der Waals surface area contributed by atoms with E-state index in [4.69, 9.17) is 15.9 Å². The van der Waals surface area contributed by atoms with Crippen molar-refractivity contribution in [1.82, 2.24) is 0 Å². The van der Waals surface area contributed by atoms with Gasteiger partial charge in [-0.05, 0) is 42.8 Å². The van der Waals surface area contributed by atoms with Crippen LogP contribution >= 0.6 is 0 Å². The number of aryl methyl sites for hydroxylation is 1. The molecule has 3 N–H and O–H groups in total. The quantitative estimate of drug-likeness (QED) is 0.382. The van der Waals surface area contributed by atoms with E-state index in [0.29, 0.717) is 16.9 Å². The molecule has 0 aliphatic heterocycles. The minimum absolute atomic E-state index is 0.0169. The van der Waals surface area contributed by atoms with E-state index in [0.717, 1.165) is 5.56 Å². The first-order chi connectivity index (χ1) is 9.08. The topological polar surface area (TPSA) is 76.2 Å². The van der Waals surface area contributed by atoms with Gasteiger partial charge >= 0.3 is 5.97 Å². The molecule has 0 amide bonds. The Bertz CT molecular complexity index is 618. The van der Waals surface area contributed by atoms with E-state index in [-0.39, 0.29) is 5.84 Å². The third kappa shape index (κ3) is 2.98. The fraction of sp³-hybridized carbons (Fsp3) is 0.0667. The number of nitrogens with two attached hydrogens (primary N) is 1. The molecule has 2 rings (SSSR count). The van der Waals surface area contributed by atoms with Crippen molar-refractivity contribution in [1.29, 1.82) is 5.41 Å². The molecule has 0 bridgehead atoms. The van der Waals surface area contributed by atoms with Gasteiger partial charge in [-0.3, -0.25) is 5.41 Å². The number of carbonyl (C=O) groups excluding carboxylic acids is 1. The largest absolute Gasteiger partial charge is 0.423 e. The molecule has 0 saturated carbocycles. The average Bonchev–Trinajstić information content (AvgIpc) is 2.39. The molecule has 0 saturated heterocycles. The molecular weight excluding hydrogens is 240 g/mol. The van der Waals surface area contributed by atoms with Crippen LogP contribution in [-0.4, -0.2) is 11.8 Å². The summed E-state index contributed by atoms with van der Waals surface area (Å²) in [5.74, 6) is 0.0173. The molecule has 4 heteroatoms. The summed E-state index contributed by atoms with van der Waals surface area (Å²) < 4.78 is 5.27. The van der Waals surface area contributed by atoms with E-state index in [1.54, 1.807) is 36.4 Å². The van der Waals surface area contributed by atoms with Crippen molar-refractivity contribution in [2.45, 2.75) is 6.92 Å². The van der Waals surface area contributed by atoms with Crippen LogP contribution in [0.1, 0.15) is 21.5 Å². The van der Waals surface area contributed by atoms with Gasteiger partial charge in [0.2, 0.25) is 0 Å². The lowest BCUT2D eigenvalue weighted by atomic mass is 10.1. The summed E-state index contributed by atoms with van der Waals surface area (Å²) in [7, 11) is 0. The maximum atomic E-state index is 12.0. The van der Waals surface area contributed by atoms with Gasteiger partial charge in [-0.15, -0.1) is 0 Å². The Labute approximate surface area is 111 Å². The molecule has 0 atom stereocenters. The number of nitrogens with one attached hydrogen (secondary N) is 1. The van der Waals surface area contributed by atoms with Crippen LogP contribution in [0, 0.1) is 12.3 Å². The van der Waals surface area contributed by atoms with Crippen molar-refractivity contribution in [2.24, 2.45) is 5.73 Å². The van der Waals surface area contributed by atoms with Crippen LogP contribution in [0.2, 0.25) is 0 Å². The second kappa shape index (κ2) is 5.35. The normalized spacial score (nSPS) is 9.95. The van der Waals surface area contributed by atoms with Crippen molar-refractivity contribution in [3.63, 3.8) is 0 Å². The highest BCUT2D eigenvalue weighted by Gasteiger charge is 2.10. The molecule has 0 heterocycles. The van der Waals surface area contributed by atoms with E-state index < -0.39 is 5.97 Å². The van der Waals surface area contributed by atoms with Crippen molar-refractivity contribution in [3.05, 3.63) is 65.2 Å². The third-order valence-electron chi connectivity index (χ3n) is 2.74. The molecule has 0 aliphatic rings. The predicted octanol–water partition coefficient (Wildman–Crippen LogP) is 2.50. The van der Waals surface area contributed by atoms with Crippen LogP contribution in [0.4, 0.5) is 0 Å². The number of benzene rings is 2. The van der Waals surface area contributed by atoms with Gasteiger partial charge in [0.05, 0.1) is 5.56 Å². The summed E-state index contributed by atoms with van der Waals surface area (Å²) in [5.41, 5.74) is 7.35. The van der Waals surface area contributed by atoms with Gasteiger partial charge in [0, 0.05) is 5.56 Å². The van der Waals surface area contributed by atoms with Crippen LogP contribution in [-0.2, 0) is 0 Å². The van der Waals surface area contributed by atoms with Gasteiger partial charge < -0.3 is 10.5 Å². The summed E-state index contributed by atoms with van der Waals surface area (Å²) in [6, 6.07) is 13.8. The molecule has 96 valence electrons. The van der Waals surface area contributed by atoms with Gasteiger partial charge in [0.1, 0.15) is 11.6 Å². The highest BCUT2D eigenvalue weighted by Crippen LogP contribution is 2.15. The summed E-state index contributed by atoms with van der Waals surface area (Å²) in [6.07, 6.45) is 0. The van der Waals surface area contributed by atoms with Crippen molar-refractivity contribution in [2.75, 3.05) is 0 Å². The highest BCUT2D eigenvalue weighted by molar-refractivity contribution is 5.95. The number of hydrogen-bond acceptors (Lipinski definition) is 3. The number of ether oxygens (including phenoxy) is 1. The molecule has 0 aliphatic carbocycles. The Morgan fingerprint density at radius 1 is 1.11 bits per heavy atom. The summed E-state index contributed by atoms with van der Waals surface area (Å²) in [4.78, 5) is 12.0. The molecule has 2 aromatic rings. The fourth-order valence-corrected chi connectivity index (χ4v) is 1.67. The molecule has 0 unspecified atom stereocenters. The zero-order valence-corrected chi connectivity index (χ0v) is 10.5. The van der Waals surface area contributed by atoms with Gasteiger partial charge in [0.15, 0.2) is 0 Å². The van der Waals surface area contributed by atoms with E-state index in [2.05, 4.69) is 0 Å². The van der Waals surface area contributed by atoms with Crippen LogP contribution in [0.5, 0.6) is 5.75 Å². The number of nitrogen functional groups attached to an aromatic ring is 1. The van der Waals surface area contributed by atoms with Gasteiger partial charge in [0.25, 0.3) is 0 Å². The summed E-state index contributed by atoms with van der Waals surface area (Å²) in [5, 5.41) is 7.28. The molecular formula is C15H14N2O2. The van der Waals surface area contributed by atoms with E-state index in [9.17, 15) is 4.79 Å². The molecule has 4 nitrogen and oxygen atoms in total. The Morgan fingerprint density at radius 2 is 1.74 bits per heavy atom. The van der Waals surface area contributed by atoms with Crippen molar-refractivity contribution >= 4 is 11.8 Å². The SMILES string of the molecule is Cc1ccccc1C(=O)Oc1ccc(C(=N)N)cc1. The first kappa shape index (κ1) is 12.8. The molecule has 19 heavy (non-hydrogen) atoms. The zero-order valence-electron chi connectivity index (χ0n) is 10.5. The Hall–Kier alpha value is -2.62. The van der Waals surface area contributed by atoms with Gasteiger partial charge in [-0.1, -0.05) is 18.2 Å². The minimum atomic E-state index is -0.395. The number of esters is 1. The lowest BCUT2D eigenvalue weighted by Crippen LogP contribution is -2.12. The maximum Gasteiger partial charge on any atom is 0.343 e. The van der Waals surface area contributed by atoms with Crippen molar-refractivity contribution < 1.29 is 9.53 Å². The van der Waals surface area contributed by atoms with Crippen LogP contribution in [0.3, 0.4) is 0 Å². The fourth-order valence-electron chi connectivity index (χ4n) is 1.67. The third-order valence-corrected chi connectivity index (χ3v) is 2.74. The van der Waals surface area contributed by atoms with Gasteiger partial charge in [-0.25, -0.2) is 4.79 Å². The predicted molar refractivity (Wildman–Crippen MR) is 73.6 cm³/mol. The van der Waals surface area contributed by atoms with E-state index >= 15 is 0 Å². The maximum absolute atomic E-state index is 12.0. The zero-order chi connectivity index (χ0) is 13.8. The molecule has 0 aromatic heterocycles. The van der Waals surface area contributed by atoms with Crippen LogP contribution in [0.15, 0.2) is 48.5 Å². The summed E-state index contributed by atoms with van der Waals surface area (Å²) >= 11 is 0. The Kier molecular flexibility index (Phi) is 3.61. The second-order valence-corrected chi connectivity index (χ2v) is 4.14. The number of hydrogen-bond donors (Lipinski definition) is 2. The number of amidine groups is 1. The lowest BCUT2D eigenvalue weighted by Gasteiger charge is -2.07. The molecule has 0 radical (unpaired) electrons. The number of rotatable bonds is 3. The average molecular weight is 254 g/mol. The van der Waals surface area contributed by atoms with E-state index in [1.165, 1.54) is 0 Å². The molecule has 0 fully saturated rings. The monoisotopic (exact) mass is 254 g/mol. The van der Waals surface area contributed by atoms with Gasteiger partial charge in [-0.2, -0.15) is 0 Å². The minimum Gasteiger partial charge on any atom is -0.423 e. The molecule has 2 aromatic carbocycles. The van der Waals surface area contributed by atoms with Crippen molar-refractivity contribution in [3.8, 4) is 5.75 Å². The Balaban J connectivity index is 2.15. The first-order valence-corrected chi connectivity index (χ1v) is 5.80. The smallest absolute Gasteiger partial charge is 0.343 e. The highest BCUT2D eigenvalue weighted by atomic mass is 16.5. The second-order valence-electron chi connectivity index (χ2n) is 4.14. The Morgan fingerprint density at radius 3 is 2.32 bits per heavy atom. The lowest BCUT2D eigenvalue weighted by molar-refractivity contribution is 0.0734. The molecule has 0 spiro atoms. The van der Waals surface area contributed by atoms with E-state index in [1.807, 2.05) is 19.1 Å². The van der Waals surface area contributed by atoms with Crippen LogP contribution in [0.25, 0.3) is 0 Å². The first-order valence-electron chi connectivity index (χ1n) is 5.80. The summed E-state index contributed by atoms with van der Waals surface area (Å²) in [6.45, 7) is 1.86. The standard InChI is InChI=1S/C15H14N2O2/c1-10-4-2-3-5-13(10)15(18)19-12-8-6-11(7-9-12)14(16)17/h2-9H,1H3,(H3,16,17). The number of carbonyl (C=O) groups is 1. The van der Waals surface area contributed by atoms with Crippen LogP contribution < -0.4 is 10.5 Å².